The van der Waals surface area contributed by atoms with Gasteiger partial charge in [-0.1, -0.05) is 13.8 Å². The fraction of sp³-hybridized carbons (Fsp3) is 0.714. The van der Waals surface area contributed by atoms with Crippen LogP contribution in [0.25, 0.3) is 0 Å². The lowest BCUT2D eigenvalue weighted by Gasteiger charge is -2.15. The quantitative estimate of drug-likeness (QED) is 0.757. The fourth-order valence-electron chi connectivity index (χ4n) is 2.08. The Balaban J connectivity index is 0. The van der Waals surface area contributed by atoms with Gasteiger partial charge in [0, 0.05) is 11.3 Å². The molecule has 1 rings (SSSR count). The molecular weight excluding hydrogens is 331 g/mol. The third-order valence-electron chi connectivity index (χ3n) is 2.96. The maximum Gasteiger partial charge on any atom is 0.306 e. The van der Waals surface area contributed by atoms with Gasteiger partial charge < -0.3 is 10.5 Å². The minimum absolute atomic E-state index is 0. The van der Waals surface area contributed by atoms with E-state index in [1.54, 1.807) is 11.3 Å². The summed E-state index contributed by atoms with van der Waals surface area (Å²) in [6, 6.07) is 0. The van der Waals surface area contributed by atoms with Crippen molar-refractivity contribution in [2.75, 3.05) is 6.54 Å². The van der Waals surface area contributed by atoms with E-state index in [0.717, 1.165) is 22.0 Å². The Bertz CT molecular complexity index is 425. The highest BCUT2D eigenvalue weighted by molar-refractivity contribution is 7.11. The summed E-state index contributed by atoms with van der Waals surface area (Å²) < 4.78 is 5.29. The number of carbonyl (C=O) groups is 1. The van der Waals surface area contributed by atoms with Crippen molar-refractivity contribution in [2.24, 2.45) is 17.6 Å². The first-order chi connectivity index (χ1) is 8.92. The summed E-state index contributed by atoms with van der Waals surface area (Å²) in [5.74, 6) is 0.580. The summed E-state index contributed by atoms with van der Waals surface area (Å²) >= 11 is 1.63. The van der Waals surface area contributed by atoms with Crippen LogP contribution in [0.4, 0.5) is 0 Å². The van der Waals surface area contributed by atoms with Gasteiger partial charge in [0.15, 0.2) is 0 Å². The maximum atomic E-state index is 11.8. The van der Waals surface area contributed by atoms with Crippen LogP contribution in [0.1, 0.15) is 42.3 Å². The molecule has 0 radical (unpaired) electrons. The van der Waals surface area contributed by atoms with Crippen molar-refractivity contribution in [3.63, 3.8) is 0 Å². The highest BCUT2D eigenvalue weighted by atomic mass is 35.5. The maximum absolute atomic E-state index is 11.8. The van der Waals surface area contributed by atoms with Gasteiger partial charge in [-0.05, 0) is 38.6 Å². The number of aryl methyl sites for hydroxylation is 2. The molecule has 4 nitrogen and oxygen atoms in total. The van der Waals surface area contributed by atoms with Gasteiger partial charge in [-0.15, -0.1) is 36.2 Å². The molecular formula is C14H26Cl2N2O2S. The number of nitrogens with zero attached hydrogens (tertiary/aromatic N) is 1. The van der Waals surface area contributed by atoms with Crippen LogP contribution in [-0.2, 0) is 16.1 Å². The molecule has 1 aromatic heterocycles. The SMILES string of the molecule is Cc1nc(COC(=O)C[C@@H](CN)CC(C)C)c(C)s1.Cl.Cl. The van der Waals surface area contributed by atoms with Crippen LogP contribution in [0.15, 0.2) is 0 Å². The van der Waals surface area contributed by atoms with Crippen molar-refractivity contribution in [3.05, 3.63) is 15.6 Å². The van der Waals surface area contributed by atoms with Gasteiger partial charge in [-0.3, -0.25) is 4.79 Å². The number of aromatic nitrogens is 1. The molecule has 1 heterocycles. The van der Waals surface area contributed by atoms with E-state index in [1.807, 2.05) is 13.8 Å². The predicted molar refractivity (Wildman–Crippen MR) is 92.5 cm³/mol. The lowest BCUT2D eigenvalue weighted by atomic mass is 9.94. The number of carbonyl (C=O) groups excluding carboxylic acids is 1. The van der Waals surface area contributed by atoms with E-state index >= 15 is 0 Å². The third kappa shape index (κ3) is 8.61. The summed E-state index contributed by atoms with van der Waals surface area (Å²) in [5, 5.41) is 1.00. The van der Waals surface area contributed by atoms with Crippen molar-refractivity contribution in [2.45, 2.75) is 47.1 Å². The standard InChI is InChI=1S/C14H24N2O2S.2ClH/c1-9(2)5-12(7-15)6-14(17)18-8-13-10(3)19-11(4)16-13;;/h9,12H,5-8,15H2,1-4H3;2*1H/t12-;;/m0../s1. The third-order valence-corrected chi connectivity index (χ3v) is 3.89. The first kappa shape index (κ1) is 22.9. The summed E-state index contributed by atoms with van der Waals surface area (Å²) in [5.41, 5.74) is 6.55. The van der Waals surface area contributed by atoms with Crippen LogP contribution in [0, 0.1) is 25.7 Å². The lowest BCUT2D eigenvalue weighted by Crippen LogP contribution is -2.21. The molecule has 0 unspecified atom stereocenters. The molecule has 124 valence electrons. The molecule has 1 atom stereocenters. The summed E-state index contributed by atoms with van der Waals surface area (Å²) in [6.45, 7) is 9.02. The van der Waals surface area contributed by atoms with Crippen molar-refractivity contribution >= 4 is 42.1 Å². The zero-order chi connectivity index (χ0) is 14.4. The second-order valence-corrected chi connectivity index (χ2v) is 6.74. The van der Waals surface area contributed by atoms with Crippen LogP contribution in [0.5, 0.6) is 0 Å². The Morgan fingerprint density at radius 3 is 2.38 bits per heavy atom. The molecule has 2 N–H and O–H groups in total. The van der Waals surface area contributed by atoms with Gasteiger partial charge in [0.1, 0.15) is 6.61 Å². The molecule has 0 bridgehead atoms. The molecule has 0 aliphatic carbocycles. The monoisotopic (exact) mass is 356 g/mol. The molecule has 0 saturated carbocycles. The highest BCUT2D eigenvalue weighted by Crippen LogP contribution is 2.18. The van der Waals surface area contributed by atoms with Crippen molar-refractivity contribution in [3.8, 4) is 0 Å². The van der Waals surface area contributed by atoms with Gasteiger partial charge in [-0.25, -0.2) is 4.98 Å². The number of esters is 1. The van der Waals surface area contributed by atoms with Crippen LogP contribution in [0.3, 0.4) is 0 Å². The number of ether oxygens (including phenoxy) is 1. The minimum Gasteiger partial charge on any atom is -0.459 e. The van der Waals surface area contributed by atoms with E-state index in [9.17, 15) is 4.79 Å². The van der Waals surface area contributed by atoms with E-state index in [0.29, 0.717) is 18.9 Å². The zero-order valence-electron chi connectivity index (χ0n) is 13.0. The van der Waals surface area contributed by atoms with Crippen molar-refractivity contribution in [1.29, 1.82) is 0 Å². The van der Waals surface area contributed by atoms with E-state index < -0.39 is 0 Å². The first-order valence-electron chi connectivity index (χ1n) is 6.71. The molecule has 0 aromatic carbocycles. The molecule has 0 amide bonds. The number of nitrogens with two attached hydrogens (primary N) is 1. The van der Waals surface area contributed by atoms with Gasteiger partial charge >= 0.3 is 5.97 Å². The van der Waals surface area contributed by atoms with Gasteiger partial charge in [0.2, 0.25) is 0 Å². The van der Waals surface area contributed by atoms with E-state index in [2.05, 4.69) is 18.8 Å². The number of halogens is 2. The van der Waals surface area contributed by atoms with E-state index in [-0.39, 0.29) is 43.3 Å². The summed E-state index contributed by atoms with van der Waals surface area (Å²) in [6.07, 6.45) is 1.36. The molecule has 0 aliphatic rings. The van der Waals surface area contributed by atoms with Crippen molar-refractivity contribution < 1.29 is 9.53 Å². The van der Waals surface area contributed by atoms with Crippen LogP contribution < -0.4 is 5.73 Å². The lowest BCUT2D eigenvalue weighted by molar-refractivity contribution is -0.146. The molecule has 0 spiro atoms. The predicted octanol–water partition coefficient (Wildman–Crippen LogP) is 3.66. The average molecular weight is 357 g/mol. The molecule has 1 aromatic rings. The Kier molecular flexibility index (Phi) is 12.3. The minimum atomic E-state index is -0.179. The fourth-order valence-corrected chi connectivity index (χ4v) is 2.90. The topological polar surface area (TPSA) is 65.2 Å². The summed E-state index contributed by atoms with van der Waals surface area (Å²) in [4.78, 5) is 17.2. The van der Waals surface area contributed by atoms with E-state index in [1.165, 1.54) is 0 Å². The number of hydrogen-bond acceptors (Lipinski definition) is 5. The Morgan fingerprint density at radius 2 is 1.95 bits per heavy atom. The number of hydrogen-bond donors (Lipinski definition) is 1. The van der Waals surface area contributed by atoms with Gasteiger partial charge in [0.05, 0.1) is 10.7 Å². The van der Waals surface area contributed by atoms with Crippen molar-refractivity contribution in [1.82, 2.24) is 4.98 Å². The largest absolute Gasteiger partial charge is 0.459 e. The van der Waals surface area contributed by atoms with Crippen LogP contribution in [0.2, 0.25) is 0 Å². The molecule has 0 saturated heterocycles. The molecule has 21 heavy (non-hydrogen) atoms. The number of thiazole rings is 1. The van der Waals surface area contributed by atoms with Crippen LogP contribution in [-0.4, -0.2) is 17.5 Å². The molecule has 7 heteroatoms. The normalized spacial score (nSPS) is 11.5. The number of rotatable bonds is 7. The highest BCUT2D eigenvalue weighted by Gasteiger charge is 2.16. The van der Waals surface area contributed by atoms with E-state index in [4.69, 9.17) is 10.5 Å². The first-order valence-corrected chi connectivity index (χ1v) is 7.52. The average Bonchev–Trinajstić information content (AvgIpc) is 2.63. The van der Waals surface area contributed by atoms with Gasteiger partial charge in [0.25, 0.3) is 0 Å². The van der Waals surface area contributed by atoms with Gasteiger partial charge in [-0.2, -0.15) is 0 Å². The molecule has 0 fully saturated rings. The zero-order valence-corrected chi connectivity index (χ0v) is 15.5. The Labute approximate surface area is 143 Å². The second-order valence-electron chi connectivity index (χ2n) is 5.33. The smallest absolute Gasteiger partial charge is 0.306 e. The Hall–Kier alpha value is -0.360. The molecule has 0 aliphatic heterocycles. The summed E-state index contributed by atoms with van der Waals surface area (Å²) in [7, 11) is 0. The van der Waals surface area contributed by atoms with Crippen LogP contribution >= 0.6 is 36.2 Å². The Morgan fingerprint density at radius 1 is 1.33 bits per heavy atom. The second kappa shape index (κ2) is 11.2.